The molecule has 7 heteroatoms. The van der Waals surface area contributed by atoms with Crippen LogP contribution in [0.5, 0.6) is 5.75 Å². The average molecular weight is 329 g/mol. The lowest BCUT2D eigenvalue weighted by Crippen LogP contribution is -2.32. The van der Waals surface area contributed by atoms with Crippen molar-refractivity contribution in [3.8, 4) is 5.75 Å². The van der Waals surface area contributed by atoms with Gasteiger partial charge in [-0.3, -0.25) is 0 Å². The monoisotopic (exact) mass is 329 g/mol. The maximum atomic E-state index is 12.1. The van der Waals surface area contributed by atoms with Crippen molar-refractivity contribution in [1.29, 1.82) is 0 Å². The van der Waals surface area contributed by atoms with E-state index in [9.17, 15) is 8.42 Å². The summed E-state index contributed by atoms with van der Waals surface area (Å²) in [6, 6.07) is 7.28. The zero-order chi connectivity index (χ0) is 15.8. The number of sulfone groups is 1. The second kappa shape index (κ2) is 5.55. The summed E-state index contributed by atoms with van der Waals surface area (Å²) in [5.41, 5.74) is 5.90. The third kappa shape index (κ3) is 2.65. The minimum Gasteiger partial charge on any atom is -0.497 e. The number of rotatable bonds is 6. The highest BCUT2D eigenvalue weighted by Gasteiger charge is 2.71. The topological polar surface area (TPSA) is 78.6 Å². The van der Waals surface area contributed by atoms with Crippen molar-refractivity contribution in [3.63, 3.8) is 0 Å². The van der Waals surface area contributed by atoms with Crippen LogP contribution < -0.4 is 10.5 Å². The molecule has 2 N–H and O–H groups in total. The Bertz CT molecular complexity index is 641. The molecule has 1 aromatic carbocycles. The summed E-state index contributed by atoms with van der Waals surface area (Å²) in [5.74, 6) is 0.429. The second-order valence-corrected chi connectivity index (χ2v) is 7.95. The van der Waals surface area contributed by atoms with E-state index >= 15 is 0 Å². The molecule has 0 aromatic heterocycles. The first-order valence-electron chi connectivity index (χ1n) is 6.40. The molecule has 5 nitrogen and oxygen atoms in total. The van der Waals surface area contributed by atoms with Crippen molar-refractivity contribution in [3.05, 3.63) is 29.8 Å². The molecule has 1 saturated carbocycles. The Hall–Kier alpha value is -1.18. The third-order valence-corrected chi connectivity index (χ3v) is 6.03. The van der Waals surface area contributed by atoms with Gasteiger partial charge in [0, 0.05) is 19.3 Å². The fourth-order valence-electron chi connectivity index (χ4n) is 3.09. The summed E-state index contributed by atoms with van der Waals surface area (Å²) in [4.78, 5) is 0.181. The smallest absolute Gasteiger partial charge is 0.152 e. The van der Waals surface area contributed by atoms with Gasteiger partial charge in [-0.05, 0) is 17.7 Å². The molecule has 0 heterocycles. The fraction of sp³-hybridized carbons (Fsp3) is 0.500. The normalized spacial score (nSPS) is 28.1. The molecule has 21 heavy (non-hydrogen) atoms. The molecule has 0 bridgehead atoms. The van der Waals surface area contributed by atoms with Crippen LogP contribution in [0.4, 0.5) is 0 Å². The maximum absolute atomic E-state index is 12.1. The molecule has 0 saturated heterocycles. The summed E-state index contributed by atoms with van der Waals surface area (Å²) in [6.07, 6.45) is 1.21. The van der Waals surface area contributed by atoms with Gasteiger partial charge in [0.1, 0.15) is 5.75 Å². The first kappa shape index (κ1) is 16.2. The van der Waals surface area contributed by atoms with Gasteiger partial charge in [-0.1, -0.05) is 24.4 Å². The summed E-state index contributed by atoms with van der Waals surface area (Å²) in [6.45, 7) is 0.191. The highest BCUT2D eigenvalue weighted by atomic mass is 32.2. The summed E-state index contributed by atoms with van der Waals surface area (Å²) < 4.78 is 34.5. The highest BCUT2D eigenvalue weighted by molar-refractivity contribution is 7.92. The van der Waals surface area contributed by atoms with E-state index in [1.807, 2.05) is 12.1 Å². The molecule has 0 amide bonds. The lowest BCUT2D eigenvalue weighted by Gasteiger charge is -2.15. The summed E-state index contributed by atoms with van der Waals surface area (Å²) in [7, 11) is -0.201. The molecule has 0 aliphatic heterocycles. The summed E-state index contributed by atoms with van der Waals surface area (Å²) in [5, 5.41) is -0.643. The number of ether oxygens (including phenoxy) is 2. The first-order valence-corrected chi connectivity index (χ1v) is 8.77. The number of thiocarbonyl (C=S) groups is 1. The Morgan fingerprint density at radius 2 is 1.90 bits per heavy atom. The van der Waals surface area contributed by atoms with Gasteiger partial charge in [0.05, 0.1) is 29.4 Å². The number of nitrogens with two attached hydrogens (primary N) is 1. The van der Waals surface area contributed by atoms with Crippen LogP contribution in [0.1, 0.15) is 11.5 Å². The zero-order valence-corrected chi connectivity index (χ0v) is 13.8. The van der Waals surface area contributed by atoms with E-state index in [0.29, 0.717) is 5.75 Å². The van der Waals surface area contributed by atoms with Crippen LogP contribution in [0.25, 0.3) is 0 Å². The van der Waals surface area contributed by atoms with Gasteiger partial charge in [-0.25, -0.2) is 8.42 Å². The zero-order valence-electron chi connectivity index (χ0n) is 12.2. The predicted molar refractivity (Wildman–Crippen MR) is 85.5 cm³/mol. The molecule has 116 valence electrons. The van der Waals surface area contributed by atoms with Crippen LogP contribution >= 0.6 is 12.2 Å². The molecule has 1 aliphatic carbocycles. The van der Waals surface area contributed by atoms with E-state index in [1.54, 1.807) is 19.2 Å². The van der Waals surface area contributed by atoms with Gasteiger partial charge in [-0.15, -0.1) is 0 Å². The molecule has 3 atom stereocenters. The standard InChI is InChI=1S/C14H19NO4S2/c1-18-8-14(13(15)20)11(12(14)21(3,16)17)9-4-6-10(19-2)7-5-9/h4-7,11-12H,8H2,1-3H3,(H2,15,20)/t11-,12+,14+/m1/s1. The Kier molecular flexibility index (Phi) is 4.28. The Balaban J connectivity index is 2.46. The van der Waals surface area contributed by atoms with E-state index in [0.717, 1.165) is 5.56 Å². The number of hydrogen-bond donors (Lipinski definition) is 1. The minimum atomic E-state index is -3.30. The average Bonchev–Trinajstić information content (AvgIpc) is 3.10. The largest absolute Gasteiger partial charge is 0.497 e. The Morgan fingerprint density at radius 3 is 2.29 bits per heavy atom. The van der Waals surface area contributed by atoms with Crippen molar-refractivity contribution in [2.75, 3.05) is 27.1 Å². The van der Waals surface area contributed by atoms with E-state index in [4.69, 9.17) is 27.4 Å². The van der Waals surface area contributed by atoms with Gasteiger partial charge < -0.3 is 15.2 Å². The molecule has 0 unspecified atom stereocenters. The molecular formula is C14H19NO4S2. The third-order valence-electron chi connectivity index (χ3n) is 4.03. The van der Waals surface area contributed by atoms with Crippen LogP contribution in [-0.4, -0.2) is 45.7 Å². The van der Waals surface area contributed by atoms with Crippen molar-refractivity contribution in [2.45, 2.75) is 11.2 Å². The van der Waals surface area contributed by atoms with Crippen LogP contribution in [0.15, 0.2) is 24.3 Å². The van der Waals surface area contributed by atoms with Crippen LogP contribution in [-0.2, 0) is 14.6 Å². The quantitative estimate of drug-likeness (QED) is 0.788. The molecule has 2 rings (SSSR count). The van der Waals surface area contributed by atoms with Gasteiger partial charge >= 0.3 is 0 Å². The van der Waals surface area contributed by atoms with Gasteiger partial charge in [0.25, 0.3) is 0 Å². The summed E-state index contributed by atoms with van der Waals surface area (Å²) >= 11 is 5.14. The van der Waals surface area contributed by atoms with Gasteiger partial charge in [0.15, 0.2) is 9.84 Å². The van der Waals surface area contributed by atoms with Crippen molar-refractivity contribution in [1.82, 2.24) is 0 Å². The van der Waals surface area contributed by atoms with Gasteiger partial charge in [0.2, 0.25) is 0 Å². The predicted octanol–water partition coefficient (Wildman–Crippen LogP) is 1.12. The van der Waals surface area contributed by atoms with Crippen molar-refractivity contribution < 1.29 is 17.9 Å². The molecule has 1 aliphatic rings. The van der Waals surface area contributed by atoms with Crippen molar-refractivity contribution in [2.24, 2.45) is 11.1 Å². The minimum absolute atomic E-state index is 0.181. The maximum Gasteiger partial charge on any atom is 0.152 e. The lowest BCUT2D eigenvalue weighted by molar-refractivity contribution is 0.166. The van der Waals surface area contributed by atoms with Crippen LogP contribution in [0.3, 0.4) is 0 Å². The van der Waals surface area contributed by atoms with E-state index in [1.165, 1.54) is 13.4 Å². The first-order chi connectivity index (χ1) is 9.79. The molecule has 1 fully saturated rings. The Labute approximate surface area is 130 Å². The molecular weight excluding hydrogens is 310 g/mol. The lowest BCUT2D eigenvalue weighted by atomic mass is 10.00. The number of benzene rings is 1. The second-order valence-electron chi connectivity index (χ2n) is 5.34. The molecule has 1 aromatic rings. The van der Waals surface area contributed by atoms with Crippen LogP contribution in [0.2, 0.25) is 0 Å². The number of methoxy groups -OCH3 is 2. The fourth-order valence-corrected chi connectivity index (χ4v) is 5.40. The number of hydrogen-bond acceptors (Lipinski definition) is 5. The van der Waals surface area contributed by atoms with Gasteiger partial charge in [-0.2, -0.15) is 0 Å². The van der Waals surface area contributed by atoms with Crippen LogP contribution in [0, 0.1) is 5.41 Å². The SMILES string of the molecule is COC[C@]1(C(N)=S)[C@H](c2ccc(OC)cc2)[C@@H]1S(C)(=O)=O. The van der Waals surface area contributed by atoms with E-state index < -0.39 is 20.5 Å². The Morgan fingerprint density at radius 1 is 1.33 bits per heavy atom. The van der Waals surface area contributed by atoms with Crippen molar-refractivity contribution >= 4 is 27.0 Å². The molecule has 0 spiro atoms. The molecule has 0 radical (unpaired) electrons. The van der Waals surface area contributed by atoms with E-state index in [2.05, 4.69) is 0 Å². The van der Waals surface area contributed by atoms with E-state index in [-0.39, 0.29) is 17.5 Å². The highest BCUT2D eigenvalue weighted by Crippen LogP contribution is 2.63.